The molecule has 13 heteroatoms. The Labute approximate surface area is 236 Å². The maximum absolute atomic E-state index is 13.2. The summed E-state index contributed by atoms with van der Waals surface area (Å²) in [5.41, 5.74) is 6.59. The van der Waals surface area contributed by atoms with E-state index in [0.29, 0.717) is 0 Å². The third-order valence-electron chi connectivity index (χ3n) is 5.25. The molecule has 0 aliphatic rings. The van der Waals surface area contributed by atoms with Crippen molar-refractivity contribution in [1.82, 2.24) is 10.6 Å². The number of ketones is 1. The van der Waals surface area contributed by atoms with Gasteiger partial charge in [-0.1, -0.05) is 58.0 Å². The van der Waals surface area contributed by atoms with Crippen LogP contribution in [0.1, 0.15) is 54.5 Å². The van der Waals surface area contributed by atoms with E-state index in [2.05, 4.69) is 10.6 Å². The van der Waals surface area contributed by atoms with Crippen LogP contribution in [0.5, 0.6) is 0 Å². The van der Waals surface area contributed by atoms with Crippen LogP contribution in [-0.2, 0) is 31.1 Å². The summed E-state index contributed by atoms with van der Waals surface area (Å²) in [6.07, 6.45) is -1.02. The number of rotatable bonds is 13. The van der Waals surface area contributed by atoms with Crippen molar-refractivity contribution in [2.24, 2.45) is 17.6 Å². The van der Waals surface area contributed by atoms with E-state index in [-0.39, 0.29) is 62.3 Å². The average Bonchev–Trinajstić information content (AvgIpc) is 2.75. The quantitative estimate of drug-likeness (QED) is 0.146. The molecule has 0 aliphatic carbocycles. The second-order valence-electron chi connectivity index (χ2n) is 9.39. The number of nitrogens with one attached hydrogen (secondary N) is 2. The molecule has 1 aromatic carbocycles. The van der Waals surface area contributed by atoms with E-state index < -0.39 is 51.0 Å². The van der Waals surface area contributed by atoms with Crippen molar-refractivity contribution in [1.29, 1.82) is 0 Å². The molecule has 36 heavy (non-hydrogen) atoms. The van der Waals surface area contributed by atoms with Gasteiger partial charge in [0, 0.05) is 0 Å². The summed E-state index contributed by atoms with van der Waals surface area (Å²) in [5, 5.41) is 15.5. The van der Waals surface area contributed by atoms with Crippen molar-refractivity contribution < 1.29 is 68.2 Å². The molecule has 0 aliphatic heterocycles. The smallest absolute Gasteiger partial charge is 1.00 e. The molecule has 4 atom stereocenters. The fraction of sp³-hybridized carbons (Fsp3) is 0.609. The maximum atomic E-state index is 13.2. The van der Waals surface area contributed by atoms with Gasteiger partial charge in [0.15, 0.2) is 0 Å². The Morgan fingerprint density at radius 3 is 2.03 bits per heavy atom. The Bertz CT molecular complexity index is 981. The Hall–Kier alpha value is -1.54. The third kappa shape index (κ3) is 10.1. The van der Waals surface area contributed by atoms with Gasteiger partial charge < -0.3 is 27.6 Å². The van der Waals surface area contributed by atoms with Crippen LogP contribution in [-0.4, -0.2) is 58.9 Å². The van der Waals surface area contributed by atoms with Gasteiger partial charge in [-0.05, 0) is 37.2 Å². The fourth-order valence-corrected chi connectivity index (χ4v) is 4.30. The molecule has 0 bridgehead atoms. The van der Waals surface area contributed by atoms with Gasteiger partial charge in [-0.25, -0.2) is 4.79 Å². The first-order chi connectivity index (χ1) is 16.1. The first-order valence-corrected chi connectivity index (χ1v) is 12.8. The molecular weight excluding hydrogens is 501 g/mol. The van der Waals surface area contributed by atoms with Crippen molar-refractivity contribution in [3.05, 3.63) is 35.9 Å². The molecule has 0 spiro atoms. The number of carbonyl (C=O) groups excluding carboxylic acids is 3. The Balaban J connectivity index is 0. The van der Waals surface area contributed by atoms with Crippen LogP contribution in [0, 0.1) is 11.8 Å². The number of carbonyl (C=O) groups is 3. The van der Waals surface area contributed by atoms with E-state index >= 15 is 0 Å². The molecule has 11 nitrogen and oxygen atoms in total. The Morgan fingerprint density at radius 1 is 1.03 bits per heavy atom. The first-order valence-electron chi connectivity index (χ1n) is 11.4. The fourth-order valence-electron chi connectivity index (χ4n) is 3.43. The minimum atomic E-state index is -5.36. The van der Waals surface area contributed by atoms with Crippen LogP contribution in [0.25, 0.3) is 0 Å². The van der Waals surface area contributed by atoms with Gasteiger partial charge in [-0.2, -0.15) is 8.42 Å². The third-order valence-corrected chi connectivity index (χ3v) is 6.55. The number of hydrogen-bond acceptors (Lipinski definition) is 8. The normalized spacial score (nSPS) is 15.7. The van der Waals surface area contributed by atoms with E-state index in [1.807, 2.05) is 6.07 Å². The van der Waals surface area contributed by atoms with Gasteiger partial charge in [-0.15, -0.1) is 0 Å². The molecule has 6 N–H and O–H groups in total. The van der Waals surface area contributed by atoms with Crippen LogP contribution in [0.4, 0.5) is 4.79 Å². The van der Waals surface area contributed by atoms with Gasteiger partial charge in [0.25, 0.3) is 4.93 Å². The van der Waals surface area contributed by atoms with Crippen LogP contribution in [0.15, 0.2) is 30.3 Å². The average molecular weight is 540 g/mol. The van der Waals surface area contributed by atoms with E-state index in [0.717, 1.165) is 5.56 Å². The molecule has 1 aromatic rings. The molecule has 0 aromatic heterocycles. The second kappa shape index (κ2) is 15.0. The zero-order valence-electron chi connectivity index (χ0n) is 22.7. The van der Waals surface area contributed by atoms with Crippen LogP contribution >= 0.6 is 0 Å². The number of hydrogen-bond donors (Lipinski definition) is 5. The molecular formula is C23H38N3NaO8S. The number of alkyl carbamates (subject to hydrolysis) is 1. The summed E-state index contributed by atoms with van der Waals surface area (Å²) in [6, 6.07) is 4.57. The van der Waals surface area contributed by atoms with E-state index in [4.69, 9.17) is 10.5 Å². The van der Waals surface area contributed by atoms with Crippen molar-refractivity contribution in [2.45, 2.75) is 77.1 Å². The van der Waals surface area contributed by atoms with Gasteiger partial charge >= 0.3 is 45.8 Å². The van der Waals surface area contributed by atoms with E-state index in [1.165, 1.54) is 6.92 Å². The predicted octanol–water partition coefficient (Wildman–Crippen LogP) is -1.53. The Morgan fingerprint density at radius 2 is 1.56 bits per heavy atom. The topological polar surface area (TPSA) is 185 Å². The second-order valence-corrected chi connectivity index (χ2v) is 11.0. The molecule has 0 fully saturated rings. The van der Waals surface area contributed by atoms with Crippen LogP contribution in [0.2, 0.25) is 0 Å². The van der Waals surface area contributed by atoms with Crippen LogP contribution < -0.4 is 45.9 Å². The molecule has 2 amide bonds. The van der Waals surface area contributed by atoms with Gasteiger partial charge in [-0.3, -0.25) is 14.1 Å². The minimum Gasteiger partial charge on any atom is -1.00 e. The standard InChI is InChI=1S/C23H37N3O8S.Na.H/c1-14(2)11-18(20(27)23(30,35(31,32)33)19(24)12-15(3)4)26-21(28)16(5)25-22(29)34-13-17-9-7-6-8-10-17;;/h6-10,14-16,18-19,30H,11-13,24H2,1-5H3,(H,25,29)(H,26,28)(H,31,32,33);;/q;+1;-1/t16-,18-,19?,23?;;/m0../s1. The minimum absolute atomic E-state index is 0. The van der Waals surface area contributed by atoms with Crippen molar-refractivity contribution in [3.63, 3.8) is 0 Å². The zero-order chi connectivity index (χ0) is 27.0. The molecule has 0 heterocycles. The van der Waals surface area contributed by atoms with Gasteiger partial charge in [0.05, 0.1) is 12.1 Å². The summed E-state index contributed by atoms with van der Waals surface area (Å²) in [4.78, 5) is 34.7. The maximum Gasteiger partial charge on any atom is 1.00 e. The predicted molar refractivity (Wildman–Crippen MR) is 131 cm³/mol. The van der Waals surface area contributed by atoms with Gasteiger partial charge in [0.2, 0.25) is 11.7 Å². The number of ether oxygens (including phenoxy) is 1. The van der Waals surface area contributed by atoms with E-state index in [9.17, 15) is 32.5 Å². The molecule has 2 unspecified atom stereocenters. The summed E-state index contributed by atoms with van der Waals surface area (Å²) in [5.74, 6) is -2.59. The first kappa shape index (κ1) is 34.5. The molecule has 1 rings (SSSR count). The monoisotopic (exact) mass is 539 g/mol. The number of nitrogens with two attached hydrogens (primary N) is 1. The SMILES string of the molecule is CC(C)CC(N)C(O)(C(=O)[C@H](CC(C)C)NC(=O)[C@H](C)NC(=O)OCc1ccccc1)S(=O)(=O)O.[H-].[Na+]. The van der Waals surface area contributed by atoms with Gasteiger partial charge in [0.1, 0.15) is 12.6 Å². The molecule has 200 valence electrons. The number of benzene rings is 1. The number of amides is 2. The van der Waals surface area contributed by atoms with E-state index in [1.54, 1.807) is 52.0 Å². The zero-order valence-corrected chi connectivity index (χ0v) is 24.5. The molecule has 0 saturated heterocycles. The summed E-state index contributed by atoms with van der Waals surface area (Å²) >= 11 is 0. The number of Topliss-reactive ketones (excluding diaryl/α,β-unsaturated/α-hetero) is 1. The van der Waals surface area contributed by atoms with Crippen molar-refractivity contribution in [3.8, 4) is 0 Å². The Kier molecular flexibility index (Phi) is 14.4. The summed E-state index contributed by atoms with van der Waals surface area (Å²) in [6.45, 7) is 8.16. The summed E-state index contributed by atoms with van der Waals surface area (Å²) < 4.78 is 39.0. The largest absolute Gasteiger partial charge is 1.00 e. The van der Waals surface area contributed by atoms with Crippen molar-refractivity contribution >= 4 is 27.9 Å². The molecule has 0 saturated carbocycles. The van der Waals surface area contributed by atoms with Crippen LogP contribution in [0.3, 0.4) is 0 Å². The number of aliphatic hydroxyl groups is 1. The molecule has 0 radical (unpaired) electrons. The van der Waals surface area contributed by atoms with Crippen molar-refractivity contribution in [2.75, 3.05) is 0 Å². The summed E-state index contributed by atoms with van der Waals surface area (Å²) in [7, 11) is -5.36.